The van der Waals surface area contributed by atoms with E-state index in [0.29, 0.717) is 5.88 Å². The van der Waals surface area contributed by atoms with Gasteiger partial charge in [-0.25, -0.2) is 4.98 Å². The molecule has 0 aliphatic rings. The average Bonchev–Trinajstić information content (AvgIpc) is 2.14. The van der Waals surface area contributed by atoms with Gasteiger partial charge < -0.3 is 10.1 Å². The number of methoxy groups -OCH3 is 1. The van der Waals surface area contributed by atoms with E-state index in [-0.39, 0.29) is 5.54 Å². The van der Waals surface area contributed by atoms with E-state index in [9.17, 15) is 0 Å². The van der Waals surface area contributed by atoms with Crippen LogP contribution >= 0.6 is 0 Å². The SMILES string of the molecule is COc1ccc(CNC(C)(C)C)cn1. The first kappa shape index (κ1) is 11.0. The maximum atomic E-state index is 4.98. The third-order valence-corrected chi connectivity index (χ3v) is 1.83. The highest BCUT2D eigenvalue weighted by Crippen LogP contribution is 2.08. The molecule has 0 fully saturated rings. The van der Waals surface area contributed by atoms with Crippen LogP contribution in [0, 0.1) is 0 Å². The lowest BCUT2D eigenvalue weighted by atomic mass is 10.1. The summed E-state index contributed by atoms with van der Waals surface area (Å²) in [7, 11) is 1.62. The van der Waals surface area contributed by atoms with Gasteiger partial charge in [0.15, 0.2) is 0 Å². The lowest BCUT2D eigenvalue weighted by Crippen LogP contribution is -2.35. The van der Waals surface area contributed by atoms with Gasteiger partial charge in [-0.2, -0.15) is 0 Å². The highest BCUT2D eigenvalue weighted by Gasteiger charge is 2.08. The number of hydrogen-bond acceptors (Lipinski definition) is 3. The number of nitrogens with zero attached hydrogens (tertiary/aromatic N) is 1. The van der Waals surface area contributed by atoms with Crippen LogP contribution in [-0.4, -0.2) is 17.6 Å². The summed E-state index contributed by atoms with van der Waals surface area (Å²) < 4.78 is 4.98. The summed E-state index contributed by atoms with van der Waals surface area (Å²) in [5, 5.41) is 3.39. The first-order valence-electron chi connectivity index (χ1n) is 4.75. The second-order valence-electron chi connectivity index (χ2n) is 4.31. The molecule has 0 aliphatic carbocycles. The molecule has 0 aromatic carbocycles. The minimum absolute atomic E-state index is 0.139. The van der Waals surface area contributed by atoms with Crippen molar-refractivity contribution in [3.05, 3.63) is 23.9 Å². The molecule has 1 N–H and O–H groups in total. The topological polar surface area (TPSA) is 34.1 Å². The van der Waals surface area contributed by atoms with Gasteiger partial charge in [-0.3, -0.25) is 0 Å². The van der Waals surface area contributed by atoms with Crippen molar-refractivity contribution in [3.63, 3.8) is 0 Å². The van der Waals surface area contributed by atoms with Crippen LogP contribution in [0.4, 0.5) is 0 Å². The molecule has 0 saturated heterocycles. The van der Waals surface area contributed by atoms with Crippen LogP contribution in [0.5, 0.6) is 5.88 Å². The third-order valence-electron chi connectivity index (χ3n) is 1.83. The van der Waals surface area contributed by atoms with Crippen molar-refractivity contribution in [2.45, 2.75) is 32.9 Å². The van der Waals surface area contributed by atoms with E-state index in [4.69, 9.17) is 4.74 Å². The van der Waals surface area contributed by atoms with Crippen LogP contribution in [0.1, 0.15) is 26.3 Å². The fourth-order valence-corrected chi connectivity index (χ4v) is 1.00. The molecular weight excluding hydrogens is 176 g/mol. The quantitative estimate of drug-likeness (QED) is 0.799. The standard InChI is InChI=1S/C11H18N2O/c1-11(2,3)13-8-9-5-6-10(14-4)12-7-9/h5-7,13H,8H2,1-4H3. The van der Waals surface area contributed by atoms with Crippen LogP contribution in [0.25, 0.3) is 0 Å². The van der Waals surface area contributed by atoms with Crippen LogP contribution < -0.4 is 10.1 Å². The molecule has 0 aliphatic heterocycles. The monoisotopic (exact) mass is 194 g/mol. The van der Waals surface area contributed by atoms with Crippen molar-refractivity contribution in [2.75, 3.05) is 7.11 Å². The Morgan fingerprint density at radius 2 is 2.07 bits per heavy atom. The largest absolute Gasteiger partial charge is 0.481 e. The smallest absolute Gasteiger partial charge is 0.212 e. The van der Waals surface area contributed by atoms with Crippen molar-refractivity contribution in [1.82, 2.24) is 10.3 Å². The molecule has 0 bridgehead atoms. The highest BCUT2D eigenvalue weighted by atomic mass is 16.5. The summed E-state index contributed by atoms with van der Waals surface area (Å²) in [6, 6.07) is 3.89. The minimum atomic E-state index is 0.139. The van der Waals surface area contributed by atoms with Crippen molar-refractivity contribution >= 4 is 0 Å². The molecule has 1 rings (SSSR count). The van der Waals surface area contributed by atoms with Crippen LogP contribution in [-0.2, 0) is 6.54 Å². The van der Waals surface area contributed by atoms with E-state index in [1.165, 1.54) is 5.56 Å². The maximum absolute atomic E-state index is 4.98. The minimum Gasteiger partial charge on any atom is -0.481 e. The number of nitrogens with one attached hydrogen (secondary N) is 1. The Morgan fingerprint density at radius 1 is 1.36 bits per heavy atom. The van der Waals surface area contributed by atoms with Gasteiger partial charge in [0.25, 0.3) is 0 Å². The zero-order valence-corrected chi connectivity index (χ0v) is 9.29. The third kappa shape index (κ3) is 3.75. The number of rotatable bonds is 3. The number of pyridine rings is 1. The predicted molar refractivity (Wildman–Crippen MR) is 57.4 cm³/mol. The summed E-state index contributed by atoms with van der Waals surface area (Å²) in [6.07, 6.45) is 1.83. The molecule has 0 amide bonds. The van der Waals surface area contributed by atoms with Gasteiger partial charge in [-0.05, 0) is 26.3 Å². The van der Waals surface area contributed by atoms with E-state index in [1.54, 1.807) is 7.11 Å². The predicted octanol–water partition coefficient (Wildman–Crippen LogP) is 1.98. The zero-order chi connectivity index (χ0) is 10.6. The zero-order valence-electron chi connectivity index (χ0n) is 9.29. The summed E-state index contributed by atoms with van der Waals surface area (Å²) >= 11 is 0. The molecule has 78 valence electrons. The number of aromatic nitrogens is 1. The van der Waals surface area contributed by atoms with Gasteiger partial charge >= 0.3 is 0 Å². The molecule has 1 aromatic rings. The van der Waals surface area contributed by atoms with Crippen LogP contribution in [0.15, 0.2) is 18.3 Å². The first-order valence-corrected chi connectivity index (χ1v) is 4.75. The van der Waals surface area contributed by atoms with Gasteiger partial charge in [0.05, 0.1) is 7.11 Å². The molecule has 3 nitrogen and oxygen atoms in total. The van der Waals surface area contributed by atoms with E-state index < -0.39 is 0 Å². The van der Waals surface area contributed by atoms with Crippen molar-refractivity contribution in [1.29, 1.82) is 0 Å². The molecule has 0 unspecified atom stereocenters. The Morgan fingerprint density at radius 3 is 2.50 bits per heavy atom. The summed E-state index contributed by atoms with van der Waals surface area (Å²) in [5.74, 6) is 0.657. The molecule has 14 heavy (non-hydrogen) atoms. The van der Waals surface area contributed by atoms with Gasteiger partial charge in [-0.15, -0.1) is 0 Å². The van der Waals surface area contributed by atoms with Gasteiger partial charge in [0.1, 0.15) is 0 Å². The molecule has 0 atom stereocenters. The van der Waals surface area contributed by atoms with E-state index in [0.717, 1.165) is 6.54 Å². The Labute approximate surface area is 85.5 Å². The van der Waals surface area contributed by atoms with Gasteiger partial charge in [-0.1, -0.05) is 6.07 Å². The average molecular weight is 194 g/mol. The second-order valence-corrected chi connectivity index (χ2v) is 4.31. The lowest BCUT2D eigenvalue weighted by Gasteiger charge is -2.20. The number of ether oxygens (including phenoxy) is 1. The van der Waals surface area contributed by atoms with E-state index in [2.05, 4.69) is 31.1 Å². The summed E-state index contributed by atoms with van der Waals surface area (Å²) in [6.45, 7) is 7.26. The Kier molecular flexibility index (Phi) is 3.47. The normalized spacial score (nSPS) is 11.4. The van der Waals surface area contributed by atoms with E-state index in [1.807, 2.05) is 18.3 Å². The van der Waals surface area contributed by atoms with Crippen LogP contribution in [0.3, 0.4) is 0 Å². The molecular formula is C11H18N2O. The van der Waals surface area contributed by atoms with Gasteiger partial charge in [0.2, 0.25) is 5.88 Å². The van der Waals surface area contributed by atoms with E-state index >= 15 is 0 Å². The Balaban J connectivity index is 2.52. The molecule has 0 saturated carbocycles. The van der Waals surface area contributed by atoms with Crippen LogP contribution in [0.2, 0.25) is 0 Å². The maximum Gasteiger partial charge on any atom is 0.212 e. The summed E-state index contributed by atoms with van der Waals surface area (Å²) in [5.41, 5.74) is 1.31. The Hall–Kier alpha value is -1.09. The molecule has 3 heteroatoms. The molecule has 0 spiro atoms. The lowest BCUT2D eigenvalue weighted by molar-refractivity contribution is 0.396. The molecule has 1 aromatic heterocycles. The fraction of sp³-hybridized carbons (Fsp3) is 0.545. The van der Waals surface area contributed by atoms with Gasteiger partial charge in [0, 0.05) is 24.3 Å². The highest BCUT2D eigenvalue weighted by molar-refractivity contribution is 5.17. The van der Waals surface area contributed by atoms with Crippen molar-refractivity contribution in [2.24, 2.45) is 0 Å². The molecule has 1 heterocycles. The molecule has 0 radical (unpaired) electrons. The number of hydrogen-bond donors (Lipinski definition) is 1. The summed E-state index contributed by atoms with van der Waals surface area (Å²) in [4.78, 5) is 4.14. The second kappa shape index (κ2) is 4.42. The first-order chi connectivity index (χ1) is 6.51. The van der Waals surface area contributed by atoms with Crippen molar-refractivity contribution in [3.8, 4) is 5.88 Å². The van der Waals surface area contributed by atoms with Crippen molar-refractivity contribution < 1.29 is 4.74 Å². The fourth-order valence-electron chi connectivity index (χ4n) is 1.00. The Bertz CT molecular complexity index is 274.